The second-order valence-corrected chi connectivity index (χ2v) is 5.60. The lowest BCUT2D eigenvalue weighted by atomic mass is 10.1. The minimum absolute atomic E-state index is 0.377. The summed E-state index contributed by atoms with van der Waals surface area (Å²) in [6, 6.07) is 15.8. The van der Waals surface area contributed by atoms with Crippen molar-refractivity contribution in [3.63, 3.8) is 0 Å². The number of furan rings is 1. The van der Waals surface area contributed by atoms with E-state index >= 15 is 0 Å². The molecule has 0 saturated heterocycles. The van der Waals surface area contributed by atoms with Gasteiger partial charge in [-0.1, -0.05) is 30.3 Å². The molecule has 1 aliphatic carbocycles. The standard InChI is InChI=1S/C17H22N2O/c1-19(13-16-8-5-11-20-16)17(12-18-15-9-10-15)14-6-3-2-4-7-14/h2-8,11,15,17-18H,9-10,12-13H2,1H3. The lowest BCUT2D eigenvalue weighted by Crippen LogP contribution is -2.34. The molecule has 0 spiro atoms. The van der Waals surface area contributed by atoms with Crippen LogP contribution in [0.1, 0.15) is 30.2 Å². The summed E-state index contributed by atoms with van der Waals surface area (Å²) in [5.41, 5.74) is 1.36. The molecule has 1 heterocycles. The molecule has 20 heavy (non-hydrogen) atoms. The van der Waals surface area contributed by atoms with Crippen LogP contribution < -0.4 is 5.32 Å². The first-order chi connectivity index (χ1) is 9.83. The van der Waals surface area contributed by atoms with Gasteiger partial charge in [-0.15, -0.1) is 0 Å². The van der Waals surface area contributed by atoms with Crippen molar-refractivity contribution in [2.24, 2.45) is 0 Å². The van der Waals surface area contributed by atoms with Gasteiger partial charge in [0.25, 0.3) is 0 Å². The van der Waals surface area contributed by atoms with Crippen LogP contribution in [-0.4, -0.2) is 24.5 Å². The number of likely N-dealkylation sites (N-methyl/N-ethyl adjacent to an activating group) is 1. The van der Waals surface area contributed by atoms with Crippen molar-refractivity contribution in [3.05, 3.63) is 60.1 Å². The van der Waals surface area contributed by atoms with Crippen LogP contribution in [0.2, 0.25) is 0 Å². The number of hydrogen-bond donors (Lipinski definition) is 1. The van der Waals surface area contributed by atoms with Crippen LogP contribution in [0.4, 0.5) is 0 Å². The van der Waals surface area contributed by atoms with Crippen LogP contribution in [-0.2, 0) is 6.54 Å². The van der Waals surface area contributed by atoms with Crippen LogP contribution in [0.3, 0.4) is 0 Å². The summed E-state index contributed by atoms with van der Waals surface area (Å²) in [5, 5.41) is 3.64. The number of benzene rings is 1. The van der Waals surface area contributed by atoms with Crippen molar-refractivity contribution in [1.29, 1.82) is 0 Å². The molecule has 2 aromatic rings. The Labute approximate surface area is 120 Å². The Morgan fingerprint density at radius 3 is 2.65 bits per heavy atom. The van der Waals surface area contributed by atoms with Crippen LogP contribution in [0.5, 0.6) is 0 Å². The molecular formula is C17H22N2O. The maximum absolute atomic E-state index is 5.47. The van der Waals surface area contributed by atoms with E-state index in [1.165, 1.54) is 18.4 Å². The fourth-order valence-electron chi connectivity index (χ4n) is 2.53. The molecule has 0 radical (unpaired) electrons. The van der Waals surface area contributed by atoms with E-state index in [2.05, 4.69) is 47.6 Å². The molecule has 0 bridgehead atoms. The highest BCUT2D eigenvalue weighted by Gasteiger charge is 2.24. The predicted octanol–water partition coefficient (Wildman–Crippen LogP) is 3.20. The van der Waals surface area contributed by atoms with Gasteiger partial charge in [-0.25, -0.2) is 0 Å². The molecule has 1 atom stereocenters. The lowest BCUT2D eigenvalue weighted by Gasteiger charge is -2.28. The molecule has 1 aliphatic rings. The minimum Gasteiger partial charge on any atom is -0.468 e. The Balaban J connectivity index is 1.69. The summed E-state index contributed by atoms with van der Waals surface area (Å²) in [5.74, 6) is 1.01. The predicted molar refractivity (Wildman–Crippen MR) is 80.4 cm³/mol. The van der Waals surface area contributed by atoms with E-state index in [1.807, 2.05) is 12.1 Å². The highest BCUT2D eigenvalue weighted by molar-refractivity contribution is 5.19. The van der Waals surface area contributed by atoms with E-state index in [1.54, 1.807) is 6.26 Å². The summed E-state index contributed by atoms with van der Waals surface area (Å²) >= 11 is 0. The SMILES string of the molecule is CN(Cc1ccco1)C(CNC1CC1)c1ccccc1. The highest BCUT2D eigenvalue weighted by atomic mass is 16.3. The molecule has 0 aliphatic heterocycles. The summed E-state index contributed by atoms with van der Waals surface area (Å²) in [4.78, 5) is 2.35. The van der Waals surface area contributed by atoms with Gasteiger partial charge in [0.1, 0.15) is 5.76 Å². The van der Waals surface area contributed by atoms with Crippen molar-refractivity contribution in [2.45, 2.75) is 31.5 Å². The first-order valence-corrected chi connectivity index (χ1v) is 7.34. The zero-order chi connectivity index (χ0) is 13.8. The fourth-order valence-corrected chi connectivity index (χ4v) is 2.53. The van der Waals surface area contributed by atoms with Gasteiger partial charge in [-0.2, -0.15) is 0 Å². The second kappa shape index (κ2) is 6.25. The van der Waals surface area contributed by atoms with Gasteiger partial charge in [-0.05, 0) is 37.6 Å². The van der Waals surface area contributed by atoms with E-state index in [0.717, 1.165) is 24.9 Å². The zero-order valence-corrected chi connectivity index (χ0v) is 12.0. The molecule has 106 valence electrons. The van der Waals surface area contributed by atoms with Crippen LogP contribution in [0, 0.1) is 0 Å². The average molecular weight is 270 g/mol. The molecule has 3 nitrogen and oxygen atoms in total. The molecule has 3 rings (SSSR count). The maximum atomic E-state index is 5.47. The van der Waals surface area contributed by atoms with E-state index in [0.29, 0.717) is 6.04 Å². The van der Waals surface area contributed by atoms with Crippen molar-refractivity contribution < 1.29 is 4.42 Å². The van der Waals surface area contributed by atoms with E-state index in [4.69, 9.17) is 4.42 Å². The molecule has 1 aromatic heterocycles. The molecule has 0 amide bonds. The Morgan fingerprint density at radius 1 is 1.20 bits per heavy atom. The van der Waals surface area contributed by atoms with Gasteiger partial charge >= 0.3 is 0 Å². The smallest absolute Gasteiger partial charge is 0.117 e. The van der Waals surface area contributed by atoms with Gasteiger partial charge < -0.3 is 9.73 Å². The maximum Gasteiger partial charge on any atom is 0.117 e. The largest absolute Gasteiger partial charge is 0.468 e. The summed E-state index contributed by atoms with van der Waals surface area (Å²) in [6.07, 6.45) is 4.38. The van der Waals surface area contributed by atoms with Gasteiger partial charge in [-0.3, -0.25) is 4.90 Å². The highest BCUT2D eigenvalue weighted by Crippen LogP contribution is 2.24. The zero-order valence-electron chi connectivity index (χ0n) is 12.0. The fraction of sp³-hybridized carbons (Fsp3) is 0.412. The molecule has 1 unspecified atom stereocenters. The molecule has 1 aromatic carbocycles. The lowest BCUT2D eigenvalue weighted by molar-refractivity contribution is 0.212. The Bertz CT molecular complexity index is 505. The number of rotatable bonds is 7. The average Bonchev–Trinajstić information content (AvgIpc) is 3.16. The van der Waals surface area contributed by atoms with Crippen molar-refractivity contribution in [1.82, 2.24) is 10.2 Å². The van der Waals surface area contributed by atoms with Crippen LogP contribution >= 0.6 is 0 Å². The summed E-state index contributed by atoms with van der Waals surface area (Å²) in [7, 11) is 2.16. The third-order valence-corrected chi connectivity index (χ3v) is 3.88. The van der Waals surface area contributed by atoms with Crippen molar-refractivity contribution in [3.8, 4) is 0 Å². The molecular weight excluding hydrogens is 248 g/mol. The van der Waals surface area contributed by atoms with Gasteiger partial charge in [0.2, 0.25) is 0 Å². The third kappa shape index (κ3) is 3.50. The second-order valence-electron chi connectivity index (χ2n) is 5.60. The van der Waals surface area contributed by atoms with E-state index in [-0.39, 0.29) is 0 Å². The number of nitrogens with one attached hydrogen (secondary N) is 1. The number of nitrogens with zero attached hydrogens (tertiary/aromatic N) is 1. The Kier molecular flexibility index (Phi) is 4.19. The topological polar surface area (TPSA) is 28.4 Å². The van der Waals surface area contributed by atoms with Gasteiger partial charge in [0, 0.05) is 18.6 Å². The van der Waals surface area contributed by atoms with E-state index < -0.39 is 0 Å². The normalized spacial score (nSPS) is 16.5. The number of hydrogen-bond acceptors (Lipinski definition) is 3. The van der Waals surface area contributed by atoms with E-state index in [9.17, 15) is 0 Å². The third-order valence-electron chi connectivity index (χ3n) is 3.88. The minimum atomic E-state index is 0.377. The van der Waals surface area contributed by atoms with Crippen LogP contribution in [0.25, 0.3) is 0 Å². The molecule has 1 fully saturated rings. The quantitative estimate of drug-likeness (QED) is 0.837. The van der Waals surface area contributed by atoms with Gasteiger partial charge in [0.05, 0.1) is 12.8 Å². The summed E-state index contributed by atoms with van der Waals surface area (Å²) in [6.45, 7) is 1.82. The van der Waals surface area contributed by atoms with Gasteiger partial charge in [0.15, 0.2) is 0 Å². The van der Waals surface area contributed by atoms with Crippen molar-refractivity contribution >= 4 is 0 Å². The Hall–Kier alpha value is -1.58. The molecule has 1 saturated carbocycles. The monoisotopic (exact) mass is 270 g/mol. The first-order valence-electron chi connectivity index (χ1n) is 7.34. The van der Waals surface area contributed by atoms with Crippen LogP contribution in [0.15, 0.2) is 53.1 Å². The summed E-state index contributed by atoms with van der Waals surface area (Å²) < 4.78 is 5.47. The van der Waals surface area contributed by atoms with Crippen molar-refractivity contribution in [2.75, 3.05) is 13.6 Å². The first kappa shape index (κ1) is 13.4. The molecule has 3 heteroatoms. The molecule has 1 N–H and O–H groups in total. The Morgan fingerprint density at radius 2 is 2.00 bits per heavy atom.